The molecule has 5 heteroatoms. The van der Waals surface area contributed by atoms with Crippen molar-refractivity contribution in [1.82, 2.24) is 0 Å². The van der Waals surface area contributed by atoms with E-state index in [0.717, 1.165) is 0 Å². The van der Waals surface area contributed by atoms with Crippen LogP contribution in [0.1, 0.15) is 0 Å². The van der Waals surface area contributed by atoms with Crippen LogP contribution < -0.4 is 0 Å². The summed E-state index contributed by atoms with van der Waals surface area (Å²) < 4.78 is 0. The molecule has 0 unspecified atom stereocenters. The third-order valence-corrected chi connectivity index (χ3v) is 1.11. The minimum atomic E-state index is -0.250. The second kappa shape index (κ2) is 23.8. The molecule has 0 aromatic heterocycles. The van der Waals surface area contributed by atoms with E-state index in [-0.39, 0.29) is 32.4 Å². The van der Waals surface area contributed by atoms with E-state index in [2.05, 4.69) is 0 Å². The maximum Gasteiger partial charge on any atom is 2.00 e. The van der Waals surface area contributed by atoms with Gasteiger partial charge in [0.15, 0.2) is 0 Å². The smallest absolute Gasteiger partial charge is 0.483 e. The van der Waals surface area contributed by atoms with Gasteiger partial charge in [0.25, 0.3) is 12.9 Å². The maximum absolute atomic E-state index is 8.36. The molecule has 2 aromatic carbocycles. The predicted molar refractivity (Wildman–Crippen MR) is 61.5 cm³/mol. The molecule has 2 N–H and O–H groups in total. The Hall–Kier alpha value is -1.74. The first-order valence-corrected chi connectivity index (χ1v) is 4.32. The summed E-state index contributed by atoms with van der Waals surface area (Å²) in [6, 6.07) is 20.0. The first kappa shape index (κ1) is 20.6. The summed E-state index contributed by atoms with van der Waals surface area (Å²) in [7, 11) is 0. The summed E-state index contributed by atoms with van der Waals surface area (Å²) in [6.45, 7) is -0.500. The molecule has 0 aliphatic rings. The van der Waals surface area contributed by atoms with Gasteiger partial charge in [0.1, 0.15) is 0 Å². The number of rotatable bonds is 0. The molecule has 2 rings (SSSR count). The Morgan fingerprint density at radius 3 is 0.941 bits per heavy atom. The van der Waals surface area contributed by atoms with Crippen LogP contribution >= 0.6 is 0 Å². The van der Waals surface area contributed by atoms with Crippen molar-refractivity contribution in [2.45, 2.75) is 0 Å². The van der Waals surface area contributed by atoms with Gasteiger partial charge >= 0.3 is 19.5 Å². The van der Waals surface area contributed by atoms with Gasteiger partial charge in [-0.3, -0.25) is 9.59 Å². The summed E-state index contributed by atoms with van der Waals surface area (Å²) in [5.41, 5.74) is 0. The third-order valence-electron chi connectivity index (χ3n) is 1.11. The van der Waals surface area contributed by atoms with Crippen LogP contribution in [0, 0.1) is 0 Å². The summed E-state index contributed by atoms with van der Waals surface area (Å²) in [4.78, 5) is 16.7. The summed E-state index contributed by atoms with van der Waals surface area (Å²) in [5.74, 6) is 0. The molecule has 0 bridgehead atoms. The van der Waals surface area contributed by atoms with E-state index in [0.29, 0.717) is 0 Å². The van der Waals surface area contributed by atoms with E-state index in [9.17, 15) is 0 Å². The van der Waals surface area contributed by atoms with Gasteiger partial charge in [-0.15, -0.1) is 0 Å². The molecular formula is C12H14O4Zn. The van der Waals surface area contributed by atoms with Gasteiger partial charge < -0.3 is 10.2 Å². The Labute approximate surface area is 113 Å². The van der Waals surface area contributed by atoms with E-state index in [1.54, 1.807) is 0 Å². The van der Waals surface area contributed by atoms with Gasteiger partial charge in [0.05, 0.1) is 0 Å². The second-order valence-electron chi connectivity index (χ2n) is 2.14. The Balaban J connectivity index is -0.000000157. The molecule has 0 radical (unpaired) electrons. The van der Waals surface area contributed by atoms with E-state index in [1.165, 1.54) is 0 Å². The molecule has 4 nitrogen and oxygen atoms in total. The molecule has 0 atom stereocenters. The summed E-state index contributed by atoms with van der Waals surface area (Å²) in [5, 5.41) is 13.8. The van der Waals surface area contributed by atoms with Crippen LogP contribution in [0.2, 0.25) is 0 Å². The van der Waals surface area contributed by atoms with Gasteiger partial charge in [0, 0.05) is 0 Å². The minimum Gasteiger partial charge on any atom is -0.483 e. The average molecular weight is 288 g/mol. The van der Waals surface area contributed by atoms with Gasteiger partial charge in [-0.05, 0) is 0 Å². The van der Waals surface area contributed by atoms with E-state index in [4.69, 9.17) is 19.8 Å². The fourth-order valence-electron chi connectivity index (χ4n) is 0.642. The topological polar surface area (TPSA) is 74.6 Å². The molecular weight excluding hydrogens is 274 g/mol. The van der Waals surface area contributed by atoms with E-state index in [1.807, 2.05) is 60.7 Å². The van der Waals surface area contributed by atoms with Crippen molar-refractivity contribution in [3.05, 3.63) is 60.7 Å². The Kier molecular flexibility index (Phi) is 28.9. The molecule has 0 aliphatic heterocycles. The van der Waals surface area contributed by atoms with Gasteiger partial charge in [-0.2, -0.15) is 36.4 Å². The quantitative estimate of drug-likeness (QED) is 0.442. The summed E-state index contributed by atoms with van der Waals surface area (Å²) in [6.07, 6.45) is 0. The van der Waals surface area contributed by atoms with Gasteiger partial charge in [0.2, 0.25) is 0 Å². The predicted octanol–water partition coefficient (Wildman–Crippen LogP) is 2.21. The van der Waals surface area contributed by atoms with Crippen molar-refractivity contribution < 1.29 is 39.3 Å². The number of hydrogen-bond donors (Lipinski definition) is 2. The zero-order valence-corrected chi connectivity index (χ0v) is 12.3. The van der Waals surface area contributed by atoms with Crippen molar-refractivity contribution >= 4 is 12.9 Å². The normalized spacial score (nSPS) is 6.12. The molecule has 17 heavy (non-hydrogen) atoms. The maximum atomic E-state index is 8.36. The zero-order chi connectivity index (χ0) is 12.5. The number of hydrogen-bond acceptors (Lipinski definition) is 2. The Morgan fingerprint density at radius 1 is 0.706 bits per heavy atom. The fourth-order valence-corrected chi connectivity index (χ4v) is 0.642. The van der Waals surface area contributed by atoms with Crippen LogP contribution in [0.4, 0.5) is 0 Å². The van der Waals surface area contributed by atoms with Gasteiger partial charge in [-0.25, -0.2) is 24.3 Å². The van der Waals surface area contributed by atoms with Crippen LogP contribution in [-0.4, -0.2) is 23.2 Å². The van der Waals surface area contributed by atoms with Crippen molar-refractivity contribution in [3.8, 4) is 0 Å². The first-order valence-electron chi connectivity index (χ1n) is 4.32. The first-order chi connectivity index (χ1) is 7.83. The second-order valence-corrected chi connectivity index (χ2v) is 2.14. The monoisotopic (exact) mass is 286 g/mol. The standard InChI is InChI=1S/2C5H5.2CH2O2.Zn/c2*1-2-4-5-3-1;2*2-1-3;/h2*1-5H;2*1H,(H,2,3);/q2*-1;;;+2. The van der Waals surface area contributed by atoms with Crippen LogP contribution in [0.5, 0.6) is 0 Å². The average Bonchev–Trinajstić information content (AvgIpc) is 3.00. The van der Waals surface area contributed by atoms with Crippen molar-refractivity contribution in [1.29, 1.82) is 0 Å². The molecule has 0 aliphatic carbocycles. The molecule has 0 saturated heterocycles. The van der Waals surface area contributed by atoms with Crippen molar-refractivity contribution in [2.75, 3.05) is 0 Å². The van der Waals surface area contributed by atoms with Crippen LogP contribution in [0.3, 0.4) is 0 Å². The van der Waals surface area contributed by atoms with Crippen molar-refractivity contribution in [3.63, 3.8) is 0 Å². The van der Waals surface area contributed by atoms with Crippen LogP contribution in [0.25, 0.3) is 0 Å². The van der Waals surface area contributed by atoms with E-state index < -0.39 is 0 Å². The van der Waals surface area contributed by atoms with Gasteiger partial charge in [-0.1, -0.05) is 0 Å². The third kappa shape index (κ3) is 31.4. The largest absolute Gasteiger partial charge is 2.00 e. The molecule has 0 spiro atoms. The van der Waals surface area contributed by atoms with Crippen LogP contribution in [0.15, 0.2) is 60.7 Å². The molecule has 0 saturated carbocycles. The fraction of sp³-hybridized carbons (Fsp3) is 0. The molecule has 88 valence electrons. The van der Waals surface area contributed by atoms with Crippen molar-refractivity contribution in [2.24, 2.45) is 0 Å². The number of carboxylic acid groups (broad SMARTS) is 2. The molecule has 0 amide bonds. The van der Waals surface area contributed by atoms with E-state index >= 15 is 0 Å². The SMILES string of the molecule is O=CO.O=CO.[Zn+2].c1cc[cH-]c1.c1cc[cH-]c1. The number of carbonyl (C=O) groups is 2. The minimum absolute atomic E-state index is 0. The Bertz CT molecular complexity index is 223. The molecule has 2 aromatic rings. The Morgan fingerprint density at radius 2 is 0.882 bits per heavy atom. The zero-order valence-electron chi connectivity index (χ0n) is 9.35. The summed E-state index contributed by atoms with van der Waals surface area (Å²) >= 11 is 0. The molecule has 0 fully saturated rings. The molecule has 0 heterocycles. The van der Waals surface area contributed by atoms with Crippen LogP contribution in [-0.2, 0) is 29.1 Å².